The van der Waals surface area contributed by atoms with Gasteiger partial charge in [-0.1, -0.05) is 32.4 Å². The van der Waals surface area contributed by atoms with Crippen LogP contribution >= 0.6 is 11.6 Å². The molecule has 2 N–H and O–H groups in total. The molecule has 1 aromatic heterocycles. The quantitative estimate of drug-likeness (QED) is 0.849. The maximum absolute atomic E-state index is 11.6. The zero-order chi connectivity index (χ0) is 15.0. The summed E-state index contributed by atoms with van der Waals surface area (Å²) in [6.45, 7) is 6.32. The number of nitrogens with zero attached hydrogens (tertiary/aromatic N) is 2. The van der Waals surface area contributed by atoms with Crippen LogP contribution in [0.5, 0.6) is 0 Å². The van der Waals surface area contributed by atoms with Crippen molar-refractivity contribution in [1.82, 2.24) is 4.98 Å². The van der Waals surface area contributed by atoms with E-state index in [1.807, 2.05) is 0 Å². The van der Waals surface area contributed by atoms with Gasteiger partial charge in [0.2, 0.25) is 0 Å². The number of carbonyl (C=O) groups is 1. The van der Waals surface area contributed by atoms with Crippen LogP contribution in [-0.2, 0) is 0 Å². The van der Waals surface area contributed by atoms with Crippen LogP contribution in [0.1, 0.15) is 72.6 Å². The molecule has 1 amide bonds. The van der Waals surface area contributed by atoms with Gasteiger partial charge in [-0.25, -0.2) is 4.98 Å². The highest BCUT2D eigenvalue weighted by molar-refractivity contribution is 6.33. The minimum atomic E-state index is -0.694. The number of rotatable bonds is 2. The van der Waals surface area contributed by atoms with E-state index in [-0.39, 0.29) is 22.6 Å². The van der Waals surface area contributed by atoms with Gasteiger partial charge >= 0.3 is 0 Å². The average molecular weight is 292 g/mol. The molecule has 0 unspecified atom stereocenters. The number of hydrogen-bond donors (Lipinski definition) is 1. The number of nitriles is 1. The zero-order valence-corrected chi connectivity index (χ0v) is 12.7. The van der Waals surface area contributed by atoms with E-state index in [2.05, 4.69) is 31.8 Å². The average Bonchev–Trinajstić information content (AvgIpc) is 2.36. The Labute approximate surface area is 123 Å². The number of hydrogen-bond acceptors (Lipinski definition) is 3. The highest BCUT2D eigenvalue weighted by Crippen LogP contribution is 2.44. The molecule has 0 saturated heterocycles. The summed E-state index contributed by atoms with van der Waals surface area (Å²) >= 11 is 6.09. The lowest BCUT2D eigenvalue weighted by atomic mass is 9.74. The van der Waals surface area contributed by atoms with Crippen molar-refractivity contribution in [1.29, 1.82) is 5.26 Å². The number of amides is 1. The first-order valence-electron chi connectivity index (χ1n) is 6.81. The molecule has 0 radical (unpaired) electrons. The van der Waals surface area contributed by atoms with E-state index >= 15 is 0 Å². The molecule has 2 atom stereocenters. The topological polar surface area (TPSA) is 79.8 Å². The maximum Gasteiger partial charge on any atom is 0.253 e. The summed E-state index contributed by atoms with van der Waals surface area (Å²) in [4.78, 5) is 16.0. The molecule has 4 nitrogen and oxygen atoms in total. The van der Waals surface area contributed by atoms with Gasteiger partial charge in [-0.2, -0.15) is 5.26 Å². The van der Waals surface area contributed by atoms with Crippen molar-refractivity contribution in [3.63, 3.8) is 0 Å². The number of fused-ring (bicyclic) bond motifs is 1. The van der Waals surface area contributed by atoms with Crippen LogP contribution in [0.15, 0.2) is 0 Å². The number of aromatic nitrogens is 1. The summed E-state index contributed by atoms with van der Waals surface area (Å²) in [5, 5.41) is 9.49. The second-order valence-corrected chi connectivity index (χ2v) is 6.11. The Morgan fingerprint density at radius 1 is 1.50 bits per heavy atom. The molecule has 0 aliphatic heterocycles. The monoisotopic (exact) mass is 291 g/mol. The SMILES string of the molecule is CC(C)[C@@H]1CC[C@@H](C)c2c1nc(Cl)c(C(N)=O)c2C#N. The smallest absolute Gasteiger partial charge is 0.253 e. The molecule has 1 aliphatic carbocycles. The lowest BCUT2D eigenvalue weighted by molar-refractivity contribution is 0.0999. The van der Waals surface area contributed by atoms with E-state index in [4.69, 9.17) is 17.3 Å². The van der Waals surface area contributed by atoms with Gasteiger partial charge in [-0.15, -0.1) is 0 Å². The van der Waals surface area contributed by atoms with E-state index in [1.54, 1.807) is 0 Å². The highest BCUT2D eigenvalue weighted by atomic mass is 35.5. The Morgan fingerprint density at radius 2 is 2.15 bits per heavy atom. The lowest BCUT2D eigenvalue weighted by Gasteiger charge is -2.32. The van der Waals surface area contributed by atoms with Gasteiger partial charge in [0.15, 0.2) is 0 Å². The van der Waals surface area contributed by atoms with Gasteiger partial charge in [0.1, 0.15) is 11.2 Å². The number of nitrogens with two attached hydrogens (primary N) is 1. The fraction of sp³-hybridized carbons (Fsp3) is 0.533. The van der Waals surface area contributed by atoms with Crippen molar-refractivity contribution in [2.75, 3.05) is 0 Å². The molecular weight excluding hydrogens is 274 g/mol. The number of pyridine rings is 1. The molecule has 0 spiro atoms. The van der Waals surface area contributed by atoms with Crippen LogP contribution in [0.3, 0.4) is 0 Å². The molecule has 0 fully saturated rings. The van der Waals surface area contributed by atoms with E-state index in [9.17, 15) is 10.1 Å². The summed E-state index contributed by atoms with van der Waals surface area (Å²) in [5.41, 5.74) is 7.44. The predicted octanol–water partition coefficient (Wildman–Crippen LogP) is 3.34. The number of primary amides is 1. The summed E-state index contributed by atoms with van der Waals surface area (Å²) in [7, 11) is 0. The fourth-order valence-corrected chi connectivity index (χ4v) is 3.35. The van der Waals surface area contributed by atoms with Crippen molar-refractivity contribution in [3.8, 4) is 6.07 Å². The predicted molar refractivity (Wildman–Crippen MR) is 77.7 cm³/mol. The Kier molecular flexibility index (Phi) is 4.01. The van der Waals surface area contributed by atoms with Crippen LogP contribution < -0.4 is 5.73 Å². The molecule has 1 aromatic rings. The van der Waals surface area contributed by atoms with Crippen LogP contribution in [0.2, 0.25) is 5.15 Å². The first-order chi connectivity index (χ1) is 9.38. The molecule has 2 rings (SSSR count). The van der Waals surface area contributed by atoms with Gasteiger partial charge in [-0.3, -0.25) is 4.79 Å². The molecule has 106 valence electrons. The first kappa shape index (κ1) is 14.8. The van der Waals surface area contributed by atoms with Crippen molar-refractivity contribution < 1.29 is 4.79 Å². The minimum absolute atomic E-state index is 0.0487. The fourth-order valence-electron chi connectivity index (χ4n) is 3.07. The van der Waals surface area contributed by atoms with E-state index < -0.39 is 5.91 Å². The Balaban J connectivity index is 2.78. The minimum Gasteiger partial charge on any atom is -0.365 e. The van der Waals surface area contributed by atoms with Gasteiger partial charge in [0.25, 0.3) is 5.91 Å². The second kappa shape index (κ2) is 5.41. The normalized spacial score (nSPS) is 21.4. The van der Waals surface area contributed by atoms with Crippen LogP contribution in [-0.4, -0.2) is 10.9 Å². The van der Waals surface area contributed by atoms with Gasteiger partial charge < -0.3 is 5.73 Å². The Bertz CT molecular complexity index is 604. The number of carbonyl (C=O) groups excluding carboxylic acids is 1. The molecule has 1 heterocycles. The maximum atomic E-state index is 11.6. The Hall–Kier alpha value is -1.60. The molecule has 0 aromatic carbocycles. The van der Waals surface area contributed by atoms with Crippen LogP contribution in [0.4, 0.5) is 0 Å². The molecule has 5 heteroatoms. The zero-order valence-electron chi connectivity index (χ0n) is 11.9. The first-order valence-corrected chi connectivity index (χ1v) is 7.19. The standard InChI is InChI=1S/C15H18ClN3O/c1-7(2)9-5-4-8(3)11-10(6-17)12(15(18)20)14(16)19-13(9)11/h7-9H,4-5H2,1-3H3,(H2,18,20)/t8-,9+/m1/s1. The van der Waals surface area contributed by atoms with Gasteiger partial charge in [-0.05, 0) is 30.2 Å². The van der Waals surface area contributed by atoms with Crippen LogP contribution in [0.25, 0.3) is 0 Å². The summed E-state index contributed by atoms with van der Waals surface area (Å²) < 4.78 is 0. The highest BCUT2D eigenvalue weighted by Gasteiger charge is 2.33. The van der Waals surface area contributed by atoms with Crippen LogP contribution in [0, 0.1) is 17.2 Å². The molecule has 0 bridgehead atoms. The largest absolute Gasteiger partial charge is 0.365 e. The van der Waals surface area contributed by atoms with E-state index in [0.717, 1.165) is 24.1 Å². The van der Waals surface area contributed by atoms with Crippen molar-refractivity contribution >= 4 is 17.5 Å². The Morgan fingerprint density at radius 3 is 2.65 bits per heavy atom. The summed E-state index contributed by atoms with van der Waals surface area (Å²) in [5.74, 6) is 0.182. The molecule has 20 heavy (non-hydrogen) atoms. The summed E-state index contributed by atoms with van der Waals surface area (Å²) in [6, 6.07) is 2.11. The number of halogens is 1. The van der Waals surface area contributed by atoms with Crippen molar-refractivity contribution in [2.24, 2.45) is 11.7 Å². The third-order valence-corrected chi connectivity index (χ3v) is 4.41. The van der Waals surface area contributed by atoms with Gasteiger partial charge in [0, 0.05) is 5.92 Å². The van der Waals surface area contributed by atoms with E-state index in [0.29, 0.717) is 11.5 Å². The third kappa shape index (κ3) is 2.27. The summed E-state index contributed by atoms with van der Waals surface area (Å²) in [6.07, 6.45) is 2.00. The second-order valence-electron chi connectivity index (χ2n) is 5.76. The molecule has 1 aliphatic rings. The van der Waals surface area contributed by atoms with Gasteiger partial charge in [0.05, 0.1) is 16.8 Å². The van der Waals surface area contributed by atoms with Crippen molar-refractivity contribution in [2.45, 2.75) is 45.4 Å². The van der Waals surface area contributed by atoms with Crippen molar-refractivity contribution in [3.05, 3.63) is 27.5 Å². The third-order valence-electron chi connectivity index (χ3n) is 4.14. The van der Waals surface area contributed by atoms with E-state index in [1.165, 1.54) is 0 Å². The molecular formula is C15H18ClN3O. The molecule has 0 saturated carbocycles. The lowest BCUT2D eigenvalue weighted by Crippen LogP contribution is -2.24.